The van der Waals surface area contributed by atoms with Crippen LogP contribution in [0.2, 0.25) is 0 Å². The zero-order chi connectivity index (χ0) is 13.0. The van der Waals surface area contributed by atoms with Crippen LogP contribution in [-0.4, -0.2) is 29.8 Å². The first-order valence-corrected chi connectivity index (χ1v) is 5.68. The quantitative estimate of drug-likeness (QED) is 0.753. The number of hydrogen-bond donors (Lipinski definition) is 2. The fraction of sp³-hybridized carbons (Fsp3) is 0.636. The van der Waals surface area contributed by atoms with Gasteiger partial charge in [0.15, 0.2) is 0 Å². The normalized spacial score (nSPS) is 12.4. The van der Waals surface area contributed by atoms with Crippen molar-refractivity contribution >= 4 is 17.4 Å². The van der Waals surface area contributed by atoms with E-state index in [1.54, 1.807) is 6.20 Å². The van der Waals surface area contributed by atoms with Crippen LogP contribution >= 0.6 is 0 Å². The van der Waals surface area contributed by atoms with Gasteiger partial charge in [0.2, 0.25) is 5.91 Å². The van der Waals surface area contributed by atoms with Gasteiger partial charge in [-0.2, -0.15) is 5.10 Å². The highest BCUT2D eigenvalue weighted by molar-refractivity contribution is 5.73. The average molecular weight is 239 g/mol. The minimum absolute atomic E-state index is 0.260. The minimum Gasteiger partial charge on any atom is -0.394 e. The summed E-state index contributed by atoms with van der Waals surface area (Å²) in [5.74, 6) is 0.973. The van der Waals surface area contributed by atoms with Crippen molar-refractivity contribution < 1.29 is 4.79 Å². The summed E-state index contributed by atoms with van der Waals surface area (Å²) in [7, 11) is 3.86. The molecule has 0 aromatic carbocycles. The number of nitrogens with zero attached hydrogens (tertiary/aromatic N) is 3. The molecule has 6 nitrogen and oxygen atoms in total. The Hall–Kier alpha value is -1.72. The highest BCUT2D eigenvalue weighted by atomic mass is 16.1. The summed E-state index contributed by atoms with van der Waals surface area (Å²) in [6, 6.07) is 0. The van der Waals surface area contributed by atoms with Crippen LogP contribution < -0.4 is 16.4 Å². The van der Waals surface area contributed by atoms with E-state index >= 15 is 0 Å². The number of nitrogen functional groups attached to an aromatic ring is 1. The monoisotopic (exact) mass is 239 g/mol. The zero-order valence-corrected chi connectivity index (χ0v) is 10.7. The van der Waals surface area contributed by atoms with E-state index in [1.165, 1.54) is 0 Å². The average Bonchev–Trinajstić information content (AvgIpc) is 2.56. The molecule has 1 atom stereocenters. The molecular formula is C11H21N5O. The van der Waals surface area contributed by atoms with E-state index in [9.17, 15) is 4.79 Å². The molecule has 1 heterocycles. The van der Waals surface area contributed by atoms with E-state index in [0.29, 0.717) is 18.0 Å². The van der Waals surface area contributed by atoms with Crippen molar-refractivity contribution in [2.75, 3.05) is 24.7 Å². The van der Waals surface area contributed by atoms with Crippen LogP contribution in [0.5, 0.6) is 0 Å². The van der Waals surface area contributed by atoms with Crippen molar-refractivity contribution in [1.82, 2.24) is 9.78 Å². The Labute approximate surface area is 102 Å². The van der Waals surface area contributed by atoms with Crippen molar-refractivity contribution in [2.45, 2.75) is 26.3 Å². The number of aromatic nitrogens is 2. The maximum absolute atomic E-state index is 10.7. The first-order chi connectivity index (χ1) is 7.91. The topological polar surface area (TPSA) is 90.2 Å². The molecule has 0 radical (unpaired) electrons. The zero-order valence-electron chi connectivity index (χ0n) is 10.7. The number of carbonyl (C=O) groups excluding carboxylic acids is 1. The van der Waals surface area contributed by atoms with E-state index in [0.717, 1.165) is 18.8 Å². The fourth-order valence-corrected chi connectivity index (χ4v) is 1.79. The molecule has 17 heavy (non-hydrogen) atoms. The first kappa shape index (κ1) is 13.3. The molecule has 0 aliphatic carbocycles. The van der Waals surface area contributed by atoms with Crippen molar-refractivity contribution in [3.05, 3.63) is 6.20 Å². The second-order valence-corrected chi connectivity index (χ2v) is 4.61. The second-order valence-electron chi connectivity index (χ2n) is 4.61. The summed E-state index contributed by atoms with van der Waals surface area (Å²) < 4.78 is 1.86. The van der Waals surface area contributed by atoms with E-state index in [-0.39, 0.29) is 5.91 Å². The molecule has 0 saturated heterocycles. The predicted molar refractivity (Wildman–Crippen MR) is 68.6 cm³/mol. The lowest BCUT2D eigenvalue weighted by Gasteiger charge is -2.18. The molecule has 1 unspecified atom stereocenters. The SMILES string of the molecule is CC(CCC(N)=O)Cn1ncc(N)c1N(C)C. The molecule has 4 N–H and O–H groups in total. The van der Waals surface area contributed by atoms with Crippen LogP contribution in [0.3, 0.4) is 0 Å². The molecule has 0 spiro atoms. The first-order valence-electron chi connectivity index (χ1n) is 5.68. The van der Waals surface area contributed by atoms with Crippen molar-refractivity contribution in [1.29, 1.82) is 0 Å². The Bertz CT molecular complexity index is 385. The van der Waals surface area contributed by atoms with Gasteiger partial charge in [0.1, 0.15) is 5.82 Å². The number of carbonyl (C=O) groups is 1. The van der Waals surface area contributed by atoms with Crippen LogP contribution in [0.25, 0.3) is 0 Å². The highest BCUT2D eigenvalue weighted by Crippen LogP contribution is 2.22. The fourth-order valence-electron chi connectivity index (χ4n) is 1.79. The highest BCUT2D eigenvalue weighted by Gasteiger charge is 2.13. The van der Waals surface area contributed by atoms with Crippen LogP contribution in [0, 0.1) is 5.92 Å². The van der Waals surface area contributed by atoms with Gasteiger partial charge in [0, 0.05) is 27.1 Å². The molecule has 6 heteroatoms. The van der Waals surface area contributed by atoms with Crippen LogP contribution in [0.1, 0.15) is 19.8 Å². The molecule has 1 rings (SSSR count). The van der Waals surface area contributed by atoms with E-state index in [4.69, 9.17) is 11.5 Å². The van der Waals surface area contributed by atoms with Crippen molar-refractivity contribution in [3.63, 3.8) is 0 Å². The van der Waals surface area contributed by atoms with Gasteiger partial charge >= 0.3 is 0 Å². The third kappa shape index (κ3) is 3.65. The smallest absolute Gasteiger partial charge is 0.217 e. The molecule has 1 amide bonds. The molecule has 0 fully saturated rings. The van der Waals surface area contributed by atoms with E-state index < -0.39 is 0 Å². The number of amides is 1. The Morgan fingerprint density at radius 1 is 1.59 bits per heavy atom. The van der Waals surface area contributed by atoms with Gasteiger partial charge < -0.3 is 16.4 Å². The summed E-state index contributed by atoms with van der Waals surface area (Å²) in [4.78, 5) is 12.6. The van der Waals surface area contributed by atoms with Crippen molar-refractivity contribution in [2.24, 2.45) is 11.7 Å². The third-order valence-electron chi connectivity index (χ3n) is 2.63. The molecule has 96 valence electrons. The van der Waals surface area contributed by atoms with Gasteiger partial charge in [-0.15, -0.1) is 0 Å². The van der Waals surface area contributed by atoms with Crippen LogP contribution in [0.4, 0.5) is 11.5 Å². The Balaban J connectivity index is 2.65. The molecule has 0 bridgehead atoms. The lowest BCUT2D eigenvalue weighted by Crippen LogP contribution is -2.20. The molecule has 0 aliphatic rings. The standard InChI is InChI=1S/C11H21N5O/c1-8(4-5-10(13)17)7-16-11(15(2)3)9(12)6-14-16/h6,8H,4-5,7,12H2,1-3H3,(H2,13,17). The maximum atomic E-state index is 10.7. The van der Waals surface area contributed by atoms with Gasteiger partial charge in [-0.25, -0.2) is 4.68 Å². The van der Waals surface area contributed by atoms with Crippen molar-refractivity contribution in [3.8, 4) is 0 Å². The number of primary amides is 1. The lowest BCUT2D eigenvalue weighted by molar-refractivity contribution is -0.118. The van der Waals surface area contributed by atoms with E-state index in [1.807, 2.05) is 23.7 Å². The number of rotatable bonds is 6. The van der Waals surface area contributed by atoms with Gasteiger partial charge in [0.25, 0.3) is 0 Å². The maximum Gasteiger partial charge on any atom is 0.217 e. The van der Waals surface area contributed by atoms with Gasteiger partial charge in [-0.3, -0.25) is 4.79 Å². The lowest BCUT2D eigenvalue weighted by atomic mass is 10.1. The van der Waals surface area contributed by atoms with Crippen LogP contribution in [-0.2, 0) is 11.3 Å². The Kier molecular flexibility index (Phi) is 4.37. The molecule has 1 aromatic rings. The summed E-state index contributed by atoms with van der Waals surface area (Å²) in [6.45, 7) is 2.80. The number of nitrogens with two attached hydrogens (primary N) is 2. The summed E-state index contributed by atoms with van der Waals surface area (Å²) >= 11 is 0. The summed E-state index contributed by atoms with van der Waals surface area (Å²) in [6.07, 6.45) is 2.83. The van der Waals surface area contributed by atoms with Gasteiger partial charge in [0.05, 0.1) is 11.9 Å². The van der Waals surface area contributed by atoms with Gasteiger partial charge in [-0.1, -0.05) is 6.92 Å². The summed E-state index contributed by atoms with van der Waals surface area (Å²) in [5, 5.41) is 4.24. The van der Waals surface area contributed by atoms with E-state index in [2.05, 4.69) is 12.0 Å². The largest absolute Gasteiger partial charge is 0.394 e. The van der Waals surface area contributed by atoms with Gasteiger partial charge in [-0.05, 0) is 12.3 Å². The number of anilines is 2. The predicted octanol–water partition coefficient (Wildman–Crippen LogP) is 0.433. The Morgan fingerprint density at radius 2 is 2.24 bits per heavy atom. The minimum atomic E-state index is -0.260. The molecule has 1 aromatic heterocycles. The number of hydrogen-bond acceptors (Lipinski definition) is 4. The van der Waals surface area contributed by atoms with Crippen LogP contribution in [0.15, 0.2) is 6.20 Å². The summed E-state index contributed by atoms with van der Waals surface area (Å²) in [5.41, 5.74) is 11.6. The molecular weight excluding hydrogens is 218 g/mol. The molecule has 0 saturated carbocycles. The third-order valence-corrected chi connectivity index (χ3v) is 2.63. The Morgan fingerprint density at radius 3 is 2.76 bits per heavy atom. The molecule has 0 aliphatic heterocycles. The second kappa shape index (κ2) is 5.56.